The molecule has 3 aromatic rings. The maximum absolute atomic E-state index is 12.7. The van der Waals surface area contributed by atoms with E-state index in [4.69, 9.17) is 11.6 Å². The van der Waals surface area contributed by atoms with Gasteiger partial charge in [0.25, 0.3) is 5.91 Å². The van der Waals surface area contributed by atoms with Gasteiger partial charge in [0.1, 0.15) is 11.5 Å². The Balaban J connectivity index is 1.74. The van der Waals surface area contributed by atoms with Crippen LogP contribution in [0.25, 0.3) is 0 Å². The Morgan fingerprint density at radius 2 is 1.76 bits per heavy atom. The lowest BCUT2D eigenvalue weighted by atomic mass is 10.2. The number of rotatable bonds is 5. The molecule has 1 aromatic heterocycles. The summed E-state index contributed by atoms with van der Waals surface area (Å²) in [6.45, 7) is 2.48. The van der Waals surface area contributed by atoms with E-state index in [1.165, 1.54) is 6.20 Å². The first-order chi connectivity index (χ1) is 12.2. The summed E-state index contributed by atoms with van der Waals surface area (Å²) >= 11 is 5.87. The number of carbonyl (C=O) groups excluding carboxylic acids is 1. The number of hydrogen-bond acceptors (Lipinski definition) is 4. The fourth-order valence-corrected chi connectivity index (χ4v) is 2.50. The van der Waals surface area contributed by atoms with Crippen LogP contribution in [0, 0.1) is 0 Å². The minimum absolute atomic E-state index is 0.181. The Hall–Kier alpha value is -2.92. The molecule has 1 amide bonds. The minimum atomic E-state index is -0.181. The number of halogens is 1. The summed E-state index contributed by atoms with van der Waals surface area (Å²) in [4.78, 5) is 22.9. The maximum Gasteiger partial charge on any atom is 0.278 e. The molecule has 0 fully saturated rings. The SMILES string of the molecule is CCN(C(=O)c1cnc(Nc2ccc(Cl)cc2)cn1)c1ccccc1. The molecular weight excluding hydrogens is 336 g/mol. The van der Waals surface area contributed by atoms with Crippen molar-refractivity contribution < 1.29 is 4.79 Å². The Labute approximate surface area is 151 Å². The van der Waals surface area contributed by atoms with Crippen molar-refractivity contribution in [2.75, 3.05) is 16.8 Å². The van der Waals surface area contributed by atoms with Gasteiger partial charge in [-0.25, -0.2) is 9.97 Å². The zero-order valence-corrected chi connectivity index (χ0v) is 14.4. The average Bonchev–Trinajstić information content (AvgIpc) is 2.66. The largest absolute Gasteiger partial charge is 0.339 e. The third-order valence-corrected chi connectivity index (χ3v) is 3.87. The molecule has 0 spiro atoms. The molecule has 6 heteroatoms. The van der Waals surface area contributed by atoms with Crippen LogP contribution in [0.2, 0.25) is 5.02 Å². The van der Waals surface area contributed by atoms with Crippen LogP contribution >= 0.6 is 11.6 Å². The molecule has 5 nitrogen and oxygen atoms in total. The molecule has 0 atom stereocenters. The molecule has 0 aliphatic rings. The number of benzene rings is 2. The second-order valence-corrected chi connectivity index (χ2v) is 5.74. The van der Waals surface area contributed by atoms with Crippen molar-refractivity contribution in [3.05, 3.63) is 77.7 Å². The highest BCUT2D eigenvalue weighted by Crippen LogP contribution is 2.18. The predicted molar refractivity (Wildman–Crippen MR) is 101 cm³/mol. The van der Waals surface area contributed by atoms with Crippen molar-refractivity contribution in [3.63, 3.8) is 0 Å². The van der Waals surface area contributed by atoms with Crippen molar-refractivity contribution in [3.8, 4) is 0 Å². The van der Waals surface area contributed by atoms with Crippen LogP contribution < -0.4 is 10.2 Å². The summed E-state index contributed by atoms with van der Waals surface area (Å²) in [5.41, 5.74) is 1.98. The molecule has 2 aromatic carbocycles. The first-order valence-corrected chi connectivity index (χ1v) is 8.26. The van der Waals surface area contributed by atoms with Crippen LogP contribution in [0.4, 0.5) is 17.2 Å². The molecule has 1 N–H and O–H groups in total. The topological polar surface area (TPSA) is 58.1 Å². The van der Waals surface area contributed by atoms with Crippen LogP contribution in [0.3, 0.4) is 0 Å². The first-order valence-electron chi connectivity index (χ1n) is 7.89. The third-order valence-electron chi connectivity index (χ3n) is 3.62. The van der Waals surface area contributed by atoms with Crippen molar-refractivity contribution in [1.82, 2.24) is 9.97 Å². The van der Waals surface area contributed by atoms with E-state index >= 15 is 0 Å². The summed E-state index contributed by atoms with van der Waals surface area (Å²) in [7, 11) is 0. The molecule has 3 rings (SSSR count). The molecule has 0 saturated heterocycles. The van der Waals surface area contributed by atoms with Gasteiger partial charge in [0.15, 0.2) is 0 Å². The fourth-order valence-electron chi connectivity index (χ4n) is 2.37. The number of anilines is 3. The molecular formula is C19H17ClN4O. The van der Waals surface area contributed by atoms with Crippen LogP contribution in [0.1, 0.15) is 17.4 Å². The number of nitrogens with zero attached hydrogens (tertiary/aromatic N) is 3. The number of amides is 1. The number of carbonyl (C=O) groups is 1. The van der Waals surface area contributed by atoms with Crippen molar-refractivity contribution in [2.24, 2.45) is 0 Å². The Morgan fingerprint density at radius 1 is 1.04 bits per heavy atom. The van der Waals surface area contributed by atoms with E-state index < -0.39 is 0 Å². The molecule has 25 heavy (non-hydrogen) atoms. The zero-order valence-electron chi connectivity index (χ0n) is 13.7. The van der Waals surface area contributed by atoms with Gasteiger partial charge in [-0.05, 0) is 43.3 Å². The van der Waals surface area contributed by atoms with Gasteiger partial charge >= 0.3 is 0 Å². The molecule has 126 valence electrons. The smallest absolute Gasteiger partial charge is 0.278 e. The van der Waals surface area contributed by atoms with E-state index in [2.05, 4.69) is 15.3 Å². The molecule has 0 unspecified atom stereocenters. The molecule has 0 aliphatic carbocycles. The normalized spacial score (nSPS) is 10.3. The molecule has 0 bridgehead atoms. The Bertz CT molecular complexity index is 836. The average molecular weight is 353 g/mol. The highest BCUT2D eigenvalue weighted by molar-refractivity contribution is 6.30. The molecule has 0 aliphatic heterocycles. The minimum Gasteiger partial charge on any atom is -0.339 e. The van der Waals surface area contributed by atoms with Gasteiger partial charge in [-0.3, -0.25) is 4.79 Å². The van der Waals surface area contributed by atoms with Gasteiger partial charge in [-0.1, -0.05) is 29.8 Å². The van der Waals surface area contributed by atoms with Gasteiger partial charge in [0.2, 0.25) is 0 Å². The third kappa shape index (κ3) is 4.14. The molecule has 0 saturated carbocycles. The fraction of sp³-hybridized carbons (Fsp3) is 0.105. The highest BCUT2D eigenvalue weighted by Gasteiger charge is 2.17. The number of para-hydroxylation sites is 1. The molecule has 0 radical (unpaired) electrons. The highest BCUT2D eigenvalue weighted by atomic mass is 35.5. The lowest BCUT2D eigenvalue weighted by molar-refractivity contribution is 0.0983. The lowest BCUT2D eigenvalue weighted by Crippen LogP contribution is -2.31. The summed E-state index contributed by atoms with van der Waals surface area (Å²) in [6.07, 6.45) is 3.02. The van der Waals surface area contributed by atoms with Crippen molar-refractivity contribution in [2.45, 2.75) is 6.92 Å². The first kappa shape index (κ1) is 16.9. The van der Waals surface area contributed by atoms with Crippen LogP contribution in [-0.4, -0.2) is 22.4 Å². The van der Waals surface area contributed by atoms with Gasteiger partial charge in [0.05, 0.1) is 12.4 Å². The summed E-state index contributed by atoms with van der Waals surface area (Å²) in [5.74, 6) is 0.376. The van der Waals surface area contributed by atoms with Crippen LogP contribution in [0.5, 0.6) is 0 Å². The second-order valence-electron chi connectivity index (χ2n) is 5.30. The van der Waals surface area contributed by atoms with Gasteiger partial charge in [-0.2, -0.15) is 0 Å². The zero-order chi connectivity index (χ0) is 17.6. The summed E-state index contributed by atoms with van der Waals surface area (Å²) in [5, 5.41) is 3.78. The van der Waals surface area contributed by atoms with Crippen molar-refractivity contribution >= 4 is 34.7 Å². The van der Waals surface area contributed by atoms with E-state index in [0.29, 0.717) is 23.1 Å². The van der Waals surface area contributed by atoms with Crippen LogP contribution in [0.15, 0.2) is 67.0 Å². The monoisotopic (exact) mass is 352 g/mol. The standard InChI is InChI=1S/C19H17ClN4O/c1-2-24(16-6-4-3-5-7-16)19(25)17-12-22-18(13-21-17)23-15-10-8-14(20)9-11-15/h3-13H,2H2,1H3,(H,22,23). The molecule has 1 heterocycles. The van der Waals surface area contributed by atoms with Gasteiger partial charge in [-0.15, -0.1) is 0 Å². The van der Waals surface area contributed by atoms with Crippen molar-refractivity contribution in [1.29, 1.82) is 0 Å². The van der Waals surface area contributed by atoms with E-state index in [1.54, 1.807) is 23.2 Å². The van der Waals surface area contributed by atoms with E-state index in [9.17, 15) is 4.79 Å². The van der Waals surface area contributed by atoms with Crippen LogP contribution in [-0.2, 0) is 0 Å². The number of aromatic nitrogens is 2. The Kier molecular flexibility index (Phi) is 5.26. The van der Waals surface area contributed by atoms with E-state index in [1.807, 2.05) is 49.4 Å². The number of nitrogens with one attached hydrogen (secondary N) is 1. The Morgan fingerprint density at radius 3 is 2.36 bits per heavy atom. The van der Waals surface area contributed by atoms with Gasteiger partial charge in [0, 0.05) is 22.9 Å². The van der Waals surface area contributed by atoms with E-state index in [0.717, 1.165) is 11.4 Å². The number of hydrogen-bond donors (Lipinski definition) is 1. The van der Waals surface area contributed by atoms with Gasteiger partial charge < -0.3 is 10.2 Å². The maximum atomic E-state index is 12.7. The summed E-state index contributed by atoms with van der Waals surface area (Å²) in [6, 6.07) is 16.8. The van der Waals surface area contributed by atoms with E-state index in [-0.39, 0.29) is 5.91 Å². The predicted octanol–water partition coefficient (Wildman–Crippen LogP) is 4.54. The quantitative estimate of drug-likeness (QED) is 0.732. The lowest BCUT2D eigenvalue weighted by Gasteiger charge is -2.20. The second kappa shape index (κ2) is 7.77. The summed E-state index contributed by atoms with van der Waals surface area (Å²) < 4.78 is 0.